The lowest BCUT2D eigenvalue weighted by Gasteiger charge is -2.06. The minimum atomic E-state index is 0.593. The Balaban J connectivity index is 1.94. The van der Waals surface area contributed by atoms with Gasteiger partial charge in [0.1, 0.15) is 23.1 Å². The first-order chi connectivity index (χ1) is 9.70. The number of aromatic nitrogens is 2. The van der Waals surface area contributed by atoms with Crippen molar-refractivity contribution in [2.45, 2.75) is 32.1 Å². The van der Waals surface area contributed by atoms with Crippen molar-refractivity contribution in [2.24, 2.45) is 7.05 Å². The van der Waals surface area contributed by atoms with Crippen molar-refractivity contribution in [3.8, 4) is 17.0 Å². The van der Waals surface area contributed by atoms with Gasteiger partial charge in [-0.15, -0.1) is 0 Å². The highest BCUT2D eigenvalue weighted by Gasteiger charge is 2.29. The smallest absolute Gasteiger partial charge is 0.131 e. The number of hydrogen-bond acceptors (Lipinski definition) is 3. The predicted octanol–water partition coefficient (Wildman–Crippen LogP) is 3.34. The first kappa shape index (κ1) is 13.0. The van der Waals surface area contributed by atoms with E-state index < -0.39 is 0 Å². The largest absolute Gasteiger partial charge is 0.494 e. The van der Waals surface area contributed by atoms with Gasteiger partial charge in [0, 0.05) is 18.5 Å². The molecule has 0 saturated heterocycles. The highest BCUT2D eigenvalue weighted by Crippen LogP contribution is 2.41. The number of anilines is 1. The van der Waals surface area contributed by atoms with Crippen LogP contribution < -0.4 is 10.5 Å². The van der Waals surface area contributed by atoms with Crippen LogP contribution in [0.15, 0.2) is 24.3 Å². The summed E-state index contributed by atoms with van der Waals surface area (Å²) in [6.45, 7) is 2.83. The molecule has 1 saturated carbocycles. The lowest BCUT2D eigenvalue weighted by atomic mass is 10.1. The van der Waals surface area contributed by atoms with Crippen LogP contribution in [0.1, 0.15) is 37.9 Å². The Bertz CT molecular complexity index is 614. The maximum absolute atomic E-state index is 6.21. The molecule has 1 heterocycles. The van der Waals surface area contributed by atoms with Crippen molar-refractivity contribution < 1.29 is 4.74 Å². The van der Waals surface area contributed by atoms with E-state index >= 15 is 0 Å². The topological polar surface area (TPSA) is 53.1 Å². The number of rotatable bonds is 5. The van der Waals surface area contributed by atoms with Gasteiger partial charge in [0.05, 0.1) is 6.61 Å². The van der Waals surface area contributed by atoms with E-state index in [1.165, 1.54) is 12.8 Å². The van der Waals surface area contributed by atoms with Crippen LogP contribution in [-0.4, -0.2) is 16.2 Å². The molecule has 4 heteroatoms. The maximum atomic E-state index is 6.21. The van der Waals surface area contributed by atoms with Gasteiger partial charge in [-0.05, 0) is 31.4 Å². The average Bonchev–Trinajstić information content (AvgIpc) is 3.26. The van der Waals surface area contributed by atoms with E-state index in [-0.39, 0.29) is 0 Å². The number of imidazole rings is 1. The number of nitrogen functional groups attached to an aromatic ring is 1. The molecule has 4 nitrogen and oxygen atoms in total. The predicted molar refractivity (Wildman–Crippen MR) is 80.8 cm³/mol. The van der Waals surface area contributed by atoms with E-state index in [4.69, 9.17) is 15.5 Å². The zero-order chi connectivity index (χ0) is 14.1. The summed E-state index contributed by atoms with van der Waals surface area (Å²) in [5.74, 6) is 3.31. The molecule has 0 aliphatic heterocycles. The summed E-state index contributed by atoms with van der Waals surface area (Å²) in [5.41, 5.74) is 8.11. The molecule has 2 aromatic rings. The Morgan fingerprint density at radius 2 is 2.20 bits per heavy atom. The van der Waals surface area contributed by atoms with E-state index in [1.807, 2.05) is 35.9 Å². The summed E-state index contributed by atoms with van der Waals surface area (Å²) < 4.78 is 7.70. The summed E-state index contributed by atoms with van der Waals surface area (Å²) in [6.07, 6.45) is 3.45. The Morgan fingerprint density at radius 1 is 1.40 bits per heavy atom. The SMILES string of the molecule is CCCOc1cccc(-c2nc(C3CC3)n(C)c2N)c1. The lowest BCUT2D eigenvalue weighted by Crippen LogP contribution is -2.00. The first-order valence-corrected chi connectivity index (χ1v) is 7.26. The molecule has 0 radical (unpaired) electrons. The normalized spacial score (nSPS) is 14.5. The van der Waals surface area contributed by atoms with Crippen LogP contribution >= 0.6 is 0 Å². The number of nitrogens with two attached hydrogens (primary N) is 1. The number of hydrogen-bond donors (Lipinski definition) is 1. The van der Waals surface area contributed by atoms with Gasteiger partial charge >= 0.3 is 0 Å². The third kappa shape index (κ3) is 2.38. The quantitative estimate of drug-likeness (QED) is 0.907. The van der Waals surface area contributed by atoms with Gasteiger partial charge in [0.25, 0.3) is 0 Å². The second-order valence-electron chi connectivity index (χ2n) is 5.41. The van der Waals surface area contributed by atoms with E-state index in [2.05, 4.69) is 6.92 Å². The molecule has 0 unspecified atom stereocenters. The Kier molecular flexibility index (Phi) is 3.38. The molecule has 1 aromatic carbocycles. The van der Waals surface area contributed by atoms with Crippen molar-refractivity contribution >= 4 is 5.82 Å². The minimum Gasteiger partial charge on any atom is -0.494 e. The molecule has 1 aliphatic carbocycles. The molecule has 1 fully saturated rings. The summed E-state index contributed by atoms with van der Waals surface area (Å²) in [4.78, 5) is 4.75. The fourth-order valence-corrected chi connectivity index (χ4v) is 2.40. The average molecular weight is 271 g/mol. The zero-order valence-corrected chi connectivity index (χ0v) is 12.1. The van der Waals surface area contributed by atoms with Crippen molar-refractivity contribution in [3.63, 3.8) is 0 Å². The van der Waals surface area contributed by atoms with Gasteiger partial charge in [-0.3, -0.25) is 0 Å². The molecule has 3 rings (SSSR count). The molecule has 0 spiro atoms. The highest BCUT2D eigenvalue weighted by molar-refractivity contribution is 5.72. The molecule has 0 atom stereocenters. The maximum Gasteiger partial charge on any atom is 0.131 e. The van der Waals surface area contributed by atoms with Crippen molar-refractivity contribution in [1.82, 2.24) is 9.55 Å². The number of benzene rings is 1. The fourth-order valence-electron chi connectivity index (χ4n) is 2.40. The van der Waals surface area contributed by atoms with Crippen molar-refractivity contribution in [1.29, 1.82) is 0 Å². The summed E-state index contributed by atoms with van der Waals surface area (Å²) in [7, 11) is 2.00. The third-order valence-corrected chi connectivity index (χ3v) is 3.70. The standard InChI is InChI=1S/C16H21N3O/c1-3-9-20-13-6-4-5-12(10-13)14-15(17)19(2)16(18-14)11-7-8-11/h4-6,10-11H,3,7-9,17H2,1-2H3. The first-order valence-electron chi connectivity index (χ1n) is 7.26. The van der Waals surface area contributed by atoms with Gasteiger partial charge in [0.2, 0.25) is 0 Å². The Hall–Kier alpha value is -1.97. The molecular formula is C16H21N3O. The molecule has 20 heavy (non-hydrogen) atoms. The van der Waals surface area contributed by atoms with Gasteiger partial charge in [-0.25, -0.2) is 4.98 Å². The van der Waals surface area contributed by atoms with Crippen molar-refractivity contribution in [2.75, 3.05) is 12.3 Å². The van der Waals surface area contributed by atoms with E-state index in [1.54, 1.807) is 0 Å². The minimum absolute atomic E-state index is 0.593. The van der Waals surface area contributed by atoms with Crippen LogP contribution in [0.3, 0.4) is 0 Å². The van der Waals surface area contributed by atoms with Gasteiger partial charge in [0.15, 0.2) is 0 Å². The molecule has 1 aliphatic rings. The highest BCUT2D eigenvalue weighted by atomic mass is 16.5. The van der Waals surface area contributed by atoms with Crippen LogP contribution in [-0.2, 0) is 7.05 Å². The van der Waals surface area contributed by atoms with Crippen LogP contribution in [0.5, 0.6) is 5.75 Å². The molecule has 1 aromatic heterocycles. The number of nitrogens with zero attached hydrogens (tertiary/aromatic N) is 2. The van der Waals surface area contributed by atoms with Crippen LogP contribution in [0.25, 0.3) is 11.3 Å². The van der Waals surface area contributed by atoms with Crippen LogP contribution in [0.2, 0.25) is 0 Å². The van der Waals surface area contributed by atoms with Gasteiger partial charge in [-0.2, -0.15) is 0 Å². The Morgan fingerprint density at radius 3 is 2.90 bits per heavy atom. The molecule has 106 valence electrons. The van der Waals surface area contributed by atoms with Crippen LogP contribution in [0.4, 0.5) is 5.82 Å². The molecule has 0 amide bonds. The zero-order valence-electron chi connectivity index (χ0n) is 12.1. The second kappa shape index (κ2) is 5.19. The summed E-state index contributed by atoms with van der Waals surface area (Å²) in [5, 5.41) is 0. The van der Waals surface area contributed by atoms with E-state index in [9.17, 15) is 0 Å². The molecule has 2 N–H and O–H groups in total. The fraction of sp³-hybridized carbons (Fsp3) is 0.438. The van der Waals surface area contributed by atoms with Gasteiger partial charge in [-0.1, -0.05) is 19.1 Å². The van der Waals surface area contributed by atoms with Crippen LogP contribution in [0, 0.1) is 0 Å². The summed E-state index contributed by atoms with van der Waals surface area (Å²) in [6, 6.07) is 8.02. The third-order valence-electron chi connectivity index (χ3n) is 3.70. The number of ether oxygens (including phenoxy) is 1. The molecule has 0 bridgehead atoms. The van der Waals surface area contributed by atoms with Crippen molar-refractivity contribution in [3.05, 3.63) is 30.1 Å². The lowest BCUT2D eigenvalue weighted by molar-refractivity contribution is 0.317. The second-order valence-corrected chi connectivity index (χ2v) is 5.41. The molecular weight excluding hydrogens is 250 g/mol. The summed E-state index contributed by atoms with van der Waals surface area (Å²) >= 11 is 0. The van der Waals surface area contributed by atoms with Gasteiger partial charge < -0.3 is 15.0 Å². The van der Waals surface area contributed by atoms with E-state index in [0.717, 1.165) is 41.7 Å². The van der Waals surface area contributed by atoms with E-state index in [0.29, 0.717) is 5.92 Å². The Labute approximate surface area is 119 Å². The monoisotopic (exact) mass is 271 g/mol.